The van der Waals surface area contributed by atoms with E-state index in [4.69, 9.17) is 9.47 Å². The van der Waals surface area contributed by atoms with E-state index >= 15 is 0 Å². The van der Waals surface area contributed by atoms with Crippen molar-refractivity contribution in [3.8, 4) is 0 Å². The van der Waals surface area contributed by atoms with Crippen LogP contribution in [0, 0.1) is 5.82 Å². The van der Waals surface area contributed by atoms with Gasteiger partial charge in [0.2, 0.25) is 0 Å². The highest BCUT2D eigenvalue weighted by atomic mass is 19.1. The predicted octanol–water partition coefficient (Wildman–Crippen LogP) is 2.71. The van der Waals surface area contributed by atoms with Gasteiger partial charge in [-0.05, 0) is 26.8 Å². The zero-order valence-corrected chi connectivity index (χ0v) is 16.5. The van der Waals surface area contributed by atoms with Crippen LogP contribution in [0.5, 0.6) is 0 Å². The Labute approximate surface area is 160 Å². The molecule has 2 heterocycles. The molecule has 1 amide bonds. The number of ether oxygens (including phenoxy) is 2. The zero-order chi connectivity index (χ0) is 19.4. The molecule has 0 radical (unpaired) electrons. The van der Waals surface area contributed by atoms with Gasteiger partial charge >= 0.3 is 6.09 Å². The van der Waals surface area contributed by atoms with Crippen LogP contribution in [0.2, 0.25) is 0 Å². The van der Waals surface area contributed by atoms with E-state index in [1.54, 1.807) is 11.0 Å². The largest absolute Gasteiger partial charge is 0.444 e. The first-order valence-corrected chi connectivity index (χ1v) is 9.63. The SMILES string of the molecule is CC(C)(C)OC(=O)N1CCN(C(c2ccccc2F)N2CCOCC2)CC1. The second-order valence-corrected chi connectivity index (χ2v) is 8.05. The molecule has 3 rings (SSSR count). The summed E-state index contributed by atoms with van der Waals surface area (Å²) >= 11 is 0. The van der Waals surface area contributed by atoms with Crippen LogP contribution in [-0.2, 0) is 9.47 Å². The number of piperazine rings is 1. The van der Waals surface area contributed by atoms with Crippen LogP contribution in [0.4, 0.5) is 9.18 Å². The molecule has 1 aromatic carbocycles. The number of hydrogen-bond acceptors (Lipinski definition) is 5. The standard InChI is InChI=1S/C20H30FN3O3/c1-20(2,3)27-19(25)24-10-8-22(9-11-24)18(23-12-14-26-15-13-23)16-6-4-5-7-17(16)21/h4-7,18H,8-15H2,1-3H3. The second-order valence-electron chi connectivity index (χ2n) is 8.05. The molecule has 0 bridgehead atoms. The minimum atomic E-state index is -0.502. The van der Waals surface area contributed by atoms with Crippen molar-refractivity contribution in [3.05, 3.63) is 35.6 Å². The van der Waals surface area contributed by atoms with Crippen LogP contribution >= 0.6 is 0 Å². The molecule has 2 saturated heterocycles. The van der Waals surface area contributed by atoms with Gasteiger partial charge in [-0.3, -0.25) is 9.80 Å². The van der Waals surface area contributed by atoms with E-state index in [0.29, 0.717) is 45.0 Å². The lowest BCUT2D eigenvalue weighted by molar-refractivity contribution is -0.0518. The van der Waals surface area contributed by atoms with Gasteiger partial charge in [0, 0.05) is 44.8 Å². The summed E-state index contributed by atoms with van der Waals surface area (Å²) in [5, 5.41) is 0. The average Bonchev–Trinajstić information content (AvgIpc) is 2.64. The van der Waals surface area contributed by atoms with Crippen LogP contribution in [0.1, 0.15) is 32.5 Å². The third-order valence-corrected chi connectivity index (χ3v) is 4.89. The Hall–Kier alpha value is -1.70. The van der Waals surface area contributed by atoms with E-state index in [-0.39, 0.29) is 18.1 Å². The third kappa shape index (κ3) is 5.18. The number of nitrogens with zero attached hydrogens (tertiary/aromatic N) is 3. The van der Waals surface area contributed by atoms with Crippen molar-refractivity contribution in [2.45, 2.75) is 32.5 Å². The second kappa shape index (κ2) is 8.54. The van der Waals surface area contributed by atoms with Gasteiger partial charge in [-0.15, -0.1) is 0 Å². The molecule has 0 aliphatic carbocycles. The Morgan fingerprint density at radius 1 is 1.04 bits per heavy atom. The van der Waals surface area contributed by atoms with E-state index in [1.807, 2.05) is 32.9 Å². The van der Waals surface area contributed by atoms with Crippen molar-refractivity contribution >= 4 is 6.09 Å². The van der Waals surface area contributed by atoms with Crippen LogP contribution in [-0.4, -0.2) is 78.9 Å². The molecule has 1 atom stereocenters. The van der Waals surface area contributed by atoms with Gasteiger partial charge in [-0.2, -0.15) is 0 Å². The molecular formula is C20H30FN3O3. The third-order valence-electron chi connectivity index (χ3n) is 4.89. The Balaban J connectivity index is 1.71. The highest BCUT2D eigenvalue weighted by Gasteiger charge is 2.34. The molecule has 0 saturated carbocycles. The summed E-state index contributed by atoms with van der Waals surface area (Å²) in [4.78, 5) is 18.6. The highest BCUT2D eigenvalue weighted by molar-refractivity contribution is 5.68. The predicted molar refractivity (Wildman–Crippen MR) is 101 cm³/mol. The Morgan fingerprint density at radius 2 is 1.63 bits per heavy atom. The summed E-state index contributed by atoms with van der Waals surface area (Å²) in [6.45, 7) is 11.0. The maximum Gasteiger partial charge on any atom is 0.410 e. The lowest BCUT2D eigenvalue weighted by Crippen LogP contribution is -2.55. The summed E-state index contributed by atoms with van der Waals surface area (Å²) in [6, 6.07) is 6.97. The summed E-state index contributed by atoms with van der Waals surface area (Å²) < 4.78 is 25.5. The van der Waals surface area contributed by atoms with Gasteiger partial charge in [0.05, 0.1) is 19.4 Å². The minimum absolute atomic E-state index is 0.143. The van der Waals surface area contributed by atoms with Crippen LogP contribution in [0.15, 0.2) is 24.3 Å². The summed E-state index contributed by atoms with van der Waals surface area (Å²) in [6.07, 6.45) is -0.424. The van der Waals surface area contributed by atoms with Crippen LogP contribution in [0.3, 0.4) is 0 Å². The molecule has 0 spiro atoms. The summed E-state index contributed by atoms with van der Waals surface area (Å²) in [5.41, 5.74) is 0.183. The monoisotopic (exact) mass is 379 g/mol. The number of morpholine rings is 1. The van der Waals surface area contributed by atoms with E-state index in [9.17, 15) is 9.18 Å². The van der Waals surface area contributed by atoms with Crippen molar-refractivity contribution in [1.82, 2.24) is 14.7 Å². The van der Waals surface area contributed by atoms with Gasteiger partial charge in [-0.1, -0.05) is 18.2 Å². The molecule has 1 aromatic rings. The van der Waals surface area contributed by atoms with E-state index in [0.717, 1.165) is 13.1 Å². The van der Waals surface area contributed by atoms with Gasteiger partial charge in [0.25, 0.3) is 0 Å². The van der Waals surface area contributed by atoms with Crippen molar-refractivity contribution in [1.29, 1.82) is 0 Å². The summed E-state index contributed by atoms with van der Waals surface area (Å²) in [7, 11) is 0. The van der Waals surface area contributed by atoms with Gasteiger partial charge in [0.1, 0.15) is 11.4 Å². The lowest BCUT2D eigenvalue weighted by atomic mass is 10.1. The van der Waals surface area contributed by atoms with Gasteiger partial charge in [-0.25, -0.2) is 9.18 Å². The zero-order valence-electron chi connectivity index (χ0n) is 16.5. The molecule has 27 heavy (non-hydrogen) atoms. The van der Waals surface area contributed by atoms with E-state index < -0.39 is 5.60 Å². The van der Waals surface area contributed by atoms with Crippen molar-refractivity contribution in [2.24, 2.45) is 0 Å². The Kier molecular flexibility index (Phi) is 6.34. The fraction of sp³-hybridized carbons (Fsp3) is 0.650. The number of rotatable bonds is 3. The molecule has 0 aromatic heterocycles. The molecule has 2 aliphatic heterocycles. The van der Waals surface area contributed by atoms with Crippen LogP contribution in [0.25, 0.3) is 0 Å². The van der Waals surface area contributed by atoms with Crippen LogP contribution < -0.4 is 0 Å². The van der Waals surface area contributed by atoms with E-state index in [1.165, 1.54) is 6.07 Å². The van der Waals surface area contributed by atoms with Crippen molar-refractivity contribution in [2.75, 3.05) is 52.5 Å². The fourth-order valence-corrected chi connectivity index (χ4v) is 3.61. The smallest absolute Gasteiger partial charge is 0.410 e. The molecular weight excluding hydrogens is 349 g/mol. The van der Waals surface area contributed by atoms with Gasteiger partial charge < -0.3 is 14.4 Å². The summed E-state index contributed by atoms with van der Waals surface area (Å²) in [5.74, 6) is -0.191. The molecule has 0 N–H and O–H groups in total. The molecule has 1 unspecified atom stereocenters. The lowest BCUT2D eigenvalue weighted by Gasteiger charge is -2.45. The number of benzene rings is 1. The molecule has 7 heteroatoms. The number of carbonyl (C=O) groups is 1. The van der Waals surface area contributed by atoms with Crippen molar-refractivity contribution in [3.63, 3.8) is 0 Å². The Bertz CT molecular complexity index is 636. The molecule has 6 nitrogen and oxygen atoms in total. The van der Waals surface area contributed by atoms with E-state index in [2.05, 4.69) is 9.80 Å². The maximum atomic E-state index is 14.6. The fourth-order valence-electron chi connectivity index (χ4n) is 3.61. The molecule has 2 aliphatic rings. The first-order valence-electron chi connectivity index (χ1n) is 9.63. The maximum absolute atomic E-state index is 14.6. The molecule has 150 valence electrons. The Morgan fingerprint density at radius 3 is 2.22 bits per heavy atom. The van der Waals surface area contributed by atoms with Crippen molar-refractivity contribution < 1.29 is 18.7 Å². The first-order chi connectivity index (χ1) is 12.8. The number of amides is 1. The molecule has 2 fully saturated rings. The number of carbonyl (C=O) groups excluding carboxylic acids is 1. The number of hydrogen-bond donors (Lipinski definition) is 0. The average molecular weight is 379 g/mol. The highest BCUT2D eigenvalue weighted by Crippen LogP contribution is 2.29. The quantitative estimate of drug-likeness (QED) is 0.808. The van der Waals surface area contributed by atoms with Gasteiger partial charge in [0.15, 0.2) is 0 Å². The number of halogens is 1. The normalized spacial score (nSPS) is 21.1. The first kappa shape index (κ1) is 20.0. The topological polar surface area (TPSA) is 45.2 Å². The minimum Gasteiger partial charge on any atom is -0.444 e.